The van der Waals surface area contributed by atoms with Gasteiger partial charge in [-0.2, -0.15) is 8.42 Å². The fraction of sp³-hybridized carbons (Fsp3) is 0.500. The van der Waals surface area contributed by atoms with E-state index in [4.69, 9.17) is 0 Å². The van der Waals surface area contributed by atoms with E-state index in [1.165, 1.54) is 30.3 Å². The lowest BCUT2D eigenvalue weighted by atomic mass is 9.94. The van der Waals surface area contributed by atoms with Crippen LogP contribution in [0.15, 0.2) is 38.0 Å². The van der Waals surface area contributed by atoms with Gasteiger partial charge >= 0.3 is 0 Å². The molecule has 8 heteroatoms. The second kappa shape index (κ2) is 7.17. The van der Waals surface area contributed by atoms with E-state index in [9.17, 15) is 13.2 Å². The zero-order chi connectivity index (χ0) is 17.3. The summed E-state index contributed by atoms with van der Waals surface area (Å²) in [6.45, 7) is 1.80. The van der Waals surface area contributed by atoms with Crippen LogP contribution in [-0.2, 0) is 14.8 Å². The summed E-state index contributed by atoms with van der Waals surface area (Å²) >= 11 is 4.53. The largest absolute Gasteiger partial charge is 0.287 e. The summed E-state index contributed by atoms with van der Waals surface area (Å²) < 4.78 is 30.0. The molecule has 1 aromatic carbocycles. The molecule has 0 radical (unpaired) electrons. The van der Waals surface area contributed by atoms with E-state index in [1.54, 1.807) is 24.0 Å². The SMILES string of the molecule is CC1S/C(=N/S(=O)(=O)c2ccc(Br)cc2)N(C2CCCCC2)C1=O. The van der Waals surface area contributed by atoms with Gasteiger partial charge in [-0.05, 0) is 44.0 Å². The zero-order valence-corrected chi connectivity index (χ0v) is 16.5. The first-order valence-electron chi connectivity index (χ1n) is 7.99. The van der Waals surface area contributed by atoms with Crippen LogP contribution in [0.2, 0.25) is 0 Å². The number of hydrogen-bond acceptors (Lipinski definition) is 4. The first-order valence-corrected chi connectivity index (χ1v) is 11.1. The van der Waals surface area contributed by atoms with Crippen molar-refractivity contribution in [2.75, 3.05) is 0 Å². The van der Waals surface area contributed by atoms with Gasteiger partial charge in [0.05, 0.1) is 10.1 Å². The Hall–Kier alpha value is -0.860. The monoisotopic (exact) mass is 430 g/mol. The number of carbonyl (C=O) groups excluding carboxylic acids is 1. The van der Waals surface area contributed by atoms with Gasteiger partial charge in [0.1, 0.15) is 0 Å². The van der Waals surface area contributed by atoms with Gasteiger partial charge in [0.25, 0.3) is 10.0 Å². The minimum atomic E-state index is -3.83. The first kappa shape index (κ1) is 17.9. The van der Waals surface area contributed by atoms with Gasteiger partial charge < -0.3 is 0 Å². The van der Waals surface area contributed by atoms with Crippen LogP contribution in [-0.4, -0.2) is 35.7 Å². The van der Waals surface area contributed by atoms with E-state index >= 15 is 0 Å². The van der Waals surface area contributed by atoms with Crippen molar-refractivity contribution >= 4 is 48.8 Å². The molecule has 0 bridgehead atoms. The molecule has 1 unspecified atom stereocenters. The van der Waals surface area contributed by atoms with Crippen LogP contribution in [0, 0.1) is 0 Å². The van der Waals surface area contributed by atoms with Gasteiger partial charge in [0.2, 0.25) is 5.91 Å². The quantitative estimate of drug-likeness (QED) is 0.731. The predicted octanol–water partition coefficient (Wildman–Crippen LogP) is 3.79. The molecule has 2 fully saturated rings. The molecule has 1 aromatic rings. The summed E-state index contributed by atoms with van der Waals surface area (Å²) in [7, 11) is -3.83. The Labute approximate surface area is 155 Å². The predicted molar refractivity (Wildman–Crippen MR) is 99.5 cm³/mol. The molecule has 1 saturated heterocycles. The summed E-state index contributed by atoms with van der Waals surface area (Å²) in [5.41, 5.74) is 0. The number of hydrogen-bond donors (Lipinski definition) is 0. The number of benzene rings is 1. The number of amidine groups is 1. The summed E-state index contributed by atoms with van der Waals surface area (Å²) in [5, 5.41) is 0.0353. The normalized spacial score (nSPS) is 24.8. The van der Waals surface area contributed by atoms with Gasteiger partial charge in [0.15, 0.2) is 5.17 Å². The molecule has 1 atom stereocenters. The first-order chi connectivity index (χ1) is 11.4. The Kier molecular flexibility index (Phi) is 5.36. The number of amides is 1. The Morgan fingerprint density at radius 1 is 1.17 bits per heavy atom. The second-order valence-electron chi connectivity index (χ2n) is 6.06. The fourth-order valence-corrected chi connectivity index (χ4v) is 5.55. The molecule has 0 aromatic heterocycles. The van der Waals surface area contributed by atoms with E-state index in [0.29, 0.717) is 5.17 Å². The highest BCUT2D eigenvalue weighted by molar-refractivity contribution is 9.10. The second-order valence-corrected chi connectivity index (χ2v) is 9.89. The van der Waals surface area contributed by atoms with E-state index < -0.39 is 10.0 Å². The average Bonchev–Trinajstić information content (AvgIpc) is 2.82. The van der Waals surface area contributed by atoms with Gasteiger partial charge in [-0.3, -0.25) is 9.69 Å². The molecule has 1 aliphatic carbocycles. The minimum Gasteiger partial charge on any atom is -0.287 e. The molecule has 1 heterocycles. The van der Waals surface area contributed by atoms with E-state index in [-0.39, 0.29) is 22.1 Å². The van der Waals surface area contributed by atoms with Crippen molar-refractivity contribution in [1.82, 2.24) is 4.90 Å². The van der Waals surface area contributed by atoms with Crippen LogP contribution in [0.3, 0.4) is 0 Å². The van der Waals surface area contributed by atoms with Crippen molar-refractivity contribution in [1.29, 1.82) is 0 Å². The van der Waals surface area contributed by atoms with Crippen LogP contribution in [0.5, 0.6) is 0 Å². The molecule has 2 aliphatic rings. The van der Waals surface area contributed by atoms with Crippen molar-refractivity contribution in [3.63, 3.8) is 0 Å². The van der Waals surface area contributed by atoms with E-state index in [2.05, 4.69) is 20.3 Å². The molecule has 0 spiro atoms. The Morgan fingerprint density at radius 3 is 2.42 bits per heavy atom. The summed E-state index contributed by atoms with van der Waals surface area (Å²) in [5.74, 6) is -0.0309. The number of sulfonamides is 1. The maximum Gasteiger partial charge on any atom is 0.284 e. The molecular formula is C16H19BrN2O3S2. The molecule has 3 rings (SSSR count). The van der Waals surface area contributed by atoms with Crippen LogP contribution >= 0.6 is 27.7 Å². The van der Waals surface area contributed by atoms with Crippen molar-refractivity contribution in [2.45, 2.75) is 55.2 Å². The van der Waals surface area contributed by atoms with Crippen LogP contribution in [0.4, 0.5) is 0 Å². The highest BCUT2D eigenvalue weighted by atomic mass is 79.9. The van der Waals surface area contributed by atoms with Gasteiger partial charge in [-0.15, -0.1) is 4.40 Å². The fourth-order valence-electron chi connectivity index (χ4n) is 3.06. The number of carbonyl (C=O) groups is 1. The average molecular weight is 431 g/mol. The third kappa shape index (κ3) is 3.70. The van der Waals surface area contributed by atoms with Crippen molar-refractivity contribution in [3.05, 3.63) is 28.7 Å². The van der Waals surface area contributed by atoms with Crippen molar-refractivity contribution in [2.24, 2.45) is 4.40 Å². The van der Waals surface area contributed by atoms with Gasteiger partial charge in [-0.25, -0.2) is 0 Å². The number of rotatable bonds is 3. The lowest BCUT2D eigenvalue weighted by Gasteiger charge is -2.30. The standard InChI is InChI=1S/C16H19BrN2O3S2/c1-11-15(20)19(13-5-3-2-4-6-13)16(23-11)18-24(21,22)14-9-7-12(17)8-10-14/h7-11,13H,2-6H2,1H3/b18-16+. The molecule has 1 saturated carbocycles. The van der Waals surface area contributed by atoms with E-state index in [1.807, 2.05) is 0 Å². The summed E-state index contributed by atoms with van der Waals surface area (Å²) in [6, 6.07) is 6.43. The molecule has 24 heavy (non-hydrogen) atoms. The maximum atomic E-state index is 12.6. The zero-order valence-electron chi connectivity index (χ0n) is 13.3. The molecule has 1 aliphatic heterocycles. The van der Waals surface area contributed by atoms with Crippen LogP contribution in [0.25, 0.3) is 0 Å². The number of nitrogens with zero attached hydrogens (tertiary/aromatic N) is 2. The smallest absolute Gasteiger partial charge is 0.284 e. The summed E-state index contributed by atoms with van der Waals surface area (Å²) in [4.78, 5) is 14.3. The van der Waals surface area contributed by atoms with Crippen LogP contribution in [0.1, 0.15) is 39.0 Å². The number of halogens is 1. The van der Waals surface area contributed by atoms with Gasteiger partial charge in [-0.1, -0.05) is 47.0 Å². The Balaban J connectivity index is 1.93. The minimum absolute atomic E-state index is 0.0309. The topological polar surface area (TPSA) is 66.8 Å². The summed E-state index contributed by atoms with van der Waals surface area (Å²) in [6.07, 6.45) is 5.14. The third-order valence-corrected chi connectivity index (χ3v) is 7.30. The Morgan fingerprint density at radius 2 is 1.79 bits per heavy atom. The lowest BCUT2D eigenvalue weighted by Crippen LogP contribution is -2.42. The molecule has 5 nitrogen and oxygen atoms in total. The number of thioether (sulfide) groups is 1. The molecule has 0 N–H and O–H groups in total. The maximum absolute atomic E-state index is 12.6. The molecule has 130 valence electrons. The van der Waals surface area contributed by atoms with E-state index in [0.717, 1.165) is 30.2 Å². The van der Waals surface area contributed by atoms with Crippen molar-refractivity contribution in [3.8, 4) is 0 Å². The molecular weight excluding hydrogens is 412 g/mol. The highest BCUT2D eigenvalue weighted by Crippen LogP contribution is 2.34. The lowest BCUT2D eigenvalue weighted by molar-refractivity contribution is -0.127. The Bertz CT molecular complexity index is 756. The highest BCUT2D eigenvalue weighted by Gasteiger charge is 2.40. The molecule has 1 amide bonds. The van der Waals surface area contributed by atoms with Crippen LogP contribution < -0.4 is 0 Å². The third-order valence-electron chi connectivity index (χ3n) is 4.32. The van der Waals surface area contributed by atoms with Crippen molar-refractivity contribution < 1.29 is 13.2 Å². The van der Waals surface area contributed by atoms with Gasteiger partial charge in [0, 0.05) is 10.5 Å².